The van der Waals surface area contributed by atoms with Crippen molar-refractivity contribution in [2.24, 2.45) is 0 Å². The van der Waals surface area contributed by atoms with Crippen LogP contribution < -0.4 is 5.32 Å². The van der Waals surface area contributed by atoms with Crippen molar-refractivity contribution in [2.75, 3.05) is 0 Å². The van der Waals surface area contributed by atoms with Gasteiger partial charge >= 0.3 is 0 Å². The van der Waals surface area contributed by atoms with Crippen LogP contribution in [-0.4, -0.2) is 11.2 Å². The van der Waals surface area contributed by atoms with Gasteiger partial charge in [-0.2, -0.15) is 0 Å². The van der Waals surface area contributed by atoms with Gasteiger partial charge in [-0.3, -0.25) is 0 Å². The highest BCUT2D eigenvalue weighted by molar-refractivity contribution is 5.10. The van der Waals surface area contributed by atoms with E-state index in [1.54, 1.807) is 0 Å². The Morgan fingerprint density at radius 3 is 2.50 bits per heavy atom. The number of hydrogen-bond acceptors (Lipinski definition) is 3. The summed E-state index contributed by atoms with van der Waals surface area (Å²) in [6, 6.07) is 2.62. The number of aromatic nitrogens is 1. The molecule has 0 amide bonds. The highest BCUT2D eigenvalue weighted by atomic mass is 16.5. The van der Waals surface area contributed by atoms with Crippen LogP contribution >= 0.6 is 0 Å². The number of nitrogens with zero attached hydrogens (tertiary/aromatic N) is 1. The van der Waals surface area contributed by atoms with Gasteiger partial charge in [0.25, 0.3) is 0 Å². The molecule has 0 saturated carbocycles. The molecule has 0 aromatic carbocycles. The van der Waals surface area contributed by atoms with Crippen molar-refractivity contribution < 1.29 is 4.52 Å². The average Bonchev–Trinajstić information content (AvgIpc) is 2.76. The Balaban J connectivity index is 2.51. The normalized spacial score (nSPS) is 13.3. The maximum Gasteiger partial charge on any atom is 0.150 e. The summed E-state index contributed by atoms with van der Waals surface area (Å²) in [5.74, 6) is 1.49. The minimum absolute atomic E-state index is 0.529. The summed E-state index contributed by atoms with van der Waals surface area (Å²) >= 11 is 0. The third-order valence-corrected chi connectivity index (χ3v) is 3.22. The van der Waals surface area contributed by atoms with E-state index >= 15 is 0 Å². The number of nitrogens with one attached hydrogen (secondary N) is 1. The Labute approximate surface area is 98.6 Å². The maximum absolute atomic E-state index is 5.33. The van der Waals surface area contributed by atoms with E-state index in [9.17, 15) is 0 Å². The van der Waals surface area contributed by atoms with Gasteiger partial charge in [-0.25, -0.2) is 0 Å². The fourth-order valence-electron chi connectivity index (χ4n) is 1.73. The Morgan fingerprint density at radius 2 is 1.94 bits per heavy atom. The van der Waals surface area contributed by atoms with Gasteiger partial charge in [0.15, 0.2) is 5.76 Å². The molecule has 1 unspecified atom stereocenters. The van der Waals surface area contributed by atoms with Crippen molar-refractivity contribution in [3.8, 4) is 0 Å². The van der Waals surface area contributed by atoms with Crippen molar-refractivity contribution in [3.63, 3.8) is 0 Å². The Hall–Kier alpha value is -0.830. The summed E-state index contributed by atoms with van der Waals surface area (Å²) in [6.07, 6.45) is 3.38. The van der Waals surface area contributed by atoms with Gasteiger partial charge in [0.05, 0.1) is 12.2 Å². The largest absolute Gasteiger partial charge is 0.360 e. The fraction of sp³-hybridized carbons (Fsp3) is 0.769. The molecule has 1 atom stereocenters. The minimum atomic E-state index is 0.529. The topological polar surface area (TPSA) is 38.1 Å². The van der Waals surface area contributed by atoms with Crippen LogP contribution in [0.2, 0.25) is 0 Å². The molecule has 0 radical (unpaired) electrons. The van der Waals surface area contributed by atoms with Gasteiger partial charge in [0.1, 0.15) is 0 Å². The predicted molar refractivity (Wildman–Crippen MR) is 66.4 cm³/mol. The van der Waals surface area contributed by atoms with Crippen molar-refractivity contribution in [1.29, 1.82) is 0 Å². The monoisotopic (exact) mass is 224 g/mol. The van der Waals surface area contributed by atoms with E-state index in [4.69, 9.17) is 4.52 Å². The van der Waals surface area contributed by atoms with Crippen LogP contribution in [0.15, 0.2) is 10.6 Å². The smallest absolute Gasteiger partial charge is 0.150 e. The van der Waals surface area contributed by atoms with E-state index in [1.807, 2.05) is 0 Å². The molecular weight excluding hydrogens is 200 g/mol. The first-order valence-corrected chi connectivity index (χ1v) is 6.40. The van der Waals surface area contributed by atoms with Gasteiger partial charge in [0.2, 0.25) is 0 Å². The van der Waals surface area contributed by atoms with Crippen LogP contribution in [0.1, 0.15) is 64.3 Å². The second kappa shape index (κ2) is 6.69. The first-order valence-electron chi connectivity index (χ1n) is 6.40. The first-order chi connectivity index (χ1) is 7.71. The molecule has 3 nitrogen and oxygen atoms in total. The molecular formula is C13H24N2O. The van der Waals surface area contributed by atoms with E-state index in [-0.39, 0.29) is 0 Å². The van der Waals surface area contributed by atoms with Gasteiger partial charge < -0.3 is 9.84 Å². The zero-order valence-electron chi connectivity index (χ0n) is 10.9. The van der Waals surface area contributed by atoms with Crippen molar-refractivity contribution in [1.82, 2.24) is 10.5 Å². The maximum atomic E-state index is 5.33. The van der Waals surface area contributed by atoms with E-state index in [2.05, 4.69) is 44.2 Å². The molecule has 0 saturated heterocycles. The predicted octanol–water partition coefficient (Wildman–Crippen LogP) is 3.47. The molecule has 0 fully saturated rings. The molecule has 16 heavy (non-hydrogen) atoms. The van der Waals surface area contributed by atoms with Crippen LogP contribution in [-0.2, 0) is 6.54 Å². The molecule has 1 rings (SSSR count). The molecule has 0 aliphatic rings. The summed E-state index contributed by atoms with van der Waals surface area (Å²) in [4.78, 5) is 0. The summed E-state index contributed by atoms with van der Waals surface area (Å²) in [6.45, 7) is 9.52. The fourth-order valence-corrected chi connectivity index (χ4v) is 1.73. The molecule has 0 bridgehead atoms. The number of hydrogen-bond donors (Lipinski definition) is 1. The first kappa shape index (κ1) is 13.2. The molecule has 0 aliphatic heterocycles. The summed E-state index contributed by atoms with van der Waals surface area (Å²) in [7, 11) is 0. The van der Waals surface area contributed by atoms with Crippen LogP contribution in [0.25, 0.3) is 0 Å². The second-order valence-corrected chi connectivity index (χ2v) is 4.42. The van der Waals surface area contributed by atoms with E-state index in [0.29, 0.717) is 12.0 Å². The van der Waals surface area contributed by atoms with Gasteiger partial charge in [-0.05, 0) is 26.2 Å². The third kappa shape index (κ3) is 3.63. The Kier molecular flexibility index (Phi) is 5.53. The molecule has 0 aliphatic carbocycles. The minimum Gasteiger partial charge on any atom is -0.360 e. The zero-order valence-corrected chi connectivity index (χ0v) is 10.9. The standard InChI is InChI=1S/C13H24N2O/c1-5-10(4)14-9-12-8-13(15-16-12)11(6-2)7-3/h8,10-11,14H,5-7,9H2,1-4H3. The lowest BCUT2D eigenvalue weighted by Gasteiger charge is -2.08. The summed E-state index contributed by atoms with van der Waals surface area (Å²) < 4.78 is 5.33. The van der Waals surface area contributed by atoms with Crippen LogP contribution in [0.3, 0.4) is 0 Å². The third-order valence-electron chi connectivity index (χ3n) is 3.22. The van der Waals surface area contributed by atoms with Crippen LogP contribution in [0.4, 0.5) is 0 Å². The van der Waals surface area contributed by atoms with Crippen LogP contribution in [0, 0.1) is 0 Å². The van der Waals surface area contributed by atoms with Crippen molar-refractivity contribution >= 4 is 0 Å². The van der Waals surface area contributed by atoms with Crippen molar-refractivity contribution in [3.05, 3.63) is 17.5 Å². The van der Waals surface area contributed by atoms with Gasteiger partial charge in [0, 0.05) is 18.0 Å². The molecule has 1 heterocycles. The summed E-state index contributed by atoms with van der Waals surface area (Å²) in [5.41, 5.74) is 1.10. The average molecular weight is 224 g/mol. The highest BCUT2D eigenvalue weighted by Gasteiger charge is 2.12. The molecule has 1 aromatic rings. The molecule has 0 spiro atoms. The SMILES string of the molecule is CCC(C)NCc1cc(C(CC)CC)no1. The summed E-state index contributed by atoms with van der Waals surface area (Å²) in [5, 5.41) is 7.55. The van der Waals surface area contributed by atoms with Gasteiger partial charge in [-0.1, -0.05) is 25.9 Å². The highest BCUT2D eigenvalue weighted by Crippen LogP contribution is 2.22. The second-order valence-electron chi connectivity index (χ2n) is 4.42. The lowest BCUT2D eigenvalue weighted by atomic mass is 9.99. The molecule has 1 aromatic heterocycles. The van der Waals surface area contributed by atoms with Crippen molar-refractivity contribution in [2.45, 2.75) is 65.5 Å². The lowest BCUT2D eigenvalue weighted by Crippen LogP contribution is -2.24. The number of rotatable bonds is 7. The zero-order chi connectivity index (χ0) is 12.0. The quantitative estimate of drug-likeness (QED) is 0.770. The lowest BCUT2D eigenvalue weighted by molar-refractivity contribution is 0.354. The van der Waals surface area contributed by atoms with E-state index < -0.39 is 0 Å². The van der Waals surface area contributed by atoms with E-state index in [1.165, 1.54) is 0 Å². The van der Waals surface area contributed by atoms with E-state index in [0.717, 1.165) is 37.3 Å². The van der Waals surface area contributed by atoms with Crippen LogP contribution in [0.5, 0.6) is 0 Å². The molecule has 92 valence electrons. The Morgan fingerprint density at radius 1 is 1.25 bits per heavy atom. The molecule has 3 heteroatoms. The molecule has 1 N–H and O–H groups in total. The van der Waals surface area contributed by atoms with Gasteiger partial charge in [-0.15, -0.1) is 0 Å². The Bertz CT molecular complexity index is 292.